The van der Waals surface area contributed by atoms with Crippen molar-refractivity contribution in [3.8, 4) is 11.1 Å². The third-order valence-electron chi connectivity index (χ3n) is 6.80. The lowest BCUT2D eigenvalue weighted by molar-refractivity contribution is -0.134. The fourth-order valence-corrected chi connectivity index (χ4v) is 4.92. The van der Waals surface area contributed by atoms with Gasteiger partial charge in [-0.3, -0.25) is 14.7 Å². The molecule has 0 atom stereocenters. The molecule has 4 heteroatoms. The van der Waals surface area contributed by atoms with Gasteiger partial charge in [0.2, 0.25) is 5.91 Å². The van der Waals surface area contributed by atoms with Gasteiger partial charge < -0.3 is 5.32 Å². The lowest BCUT2D eigenvalue weighted by Crippen LogP contribution is -2.51. The average Bonchev–Trinajstić information content (AvgIpc) is 2.81. The average molecular weight is 442 g/mol. The van der Waals surface area contributed by atoms with E-state index in [9.17, 15) is 4.79 Å². The summed E-state index contributed by atoms with van der Waals surface area (Å²) in [5.74, 6) is 0.197. The van der Waals surface area contributed by atoms with Crippen molar-refractivity contribution in [1.29, 1.82) is 0 Å². The number of hydrogen-bond acceptors (Lipinski definition) is 3. The molecule has 1 aromatic heterocycles. The van der Waals surface area contributed by atoms with Crippen LogP contribution in [0.5, 0.6) is 0 Å². The highest BCUT2D eigenvalue weighted by atomic mass is 16.2. The van der Waals surface area contributed by atoms with Crippen LogP contribution in [-0.2, 0) is 17.8 Å². The number of carbonyl (C=O) groups excluding carboxylic acids is 1. The third kappa shape index (κ3) is 5.69. The number of aryl methyl sites for hydroxylation is 1. The van der Waals surface area contributed by atoms with Crippen LogP contribution in [0.3, 0.4) is 0 Å². The normalized spacial score (nSPS) is 16.0. The van der Waals surface area contributed by atoms with Crippen molar-refractivity contribution in [2.75, 3.05) is 13.1 Å². The molecule has 4 rings (SSSR count). The van der Waals surface area contributed by atoms with E-state index in [1.807, 2.05) is 26.2 Å². The van der Waals surface area contributed by atoms with E-state index < -0.39 is 0 Å². The molecule has 1 amide bonds. The molecule has 172 valence electrons. The fraction of sp³-hybridized carbons (Fsp3) is 0.379. The largest absolute Gasteiger partial charge is 0.353 e. The number of piperidine rings is 1. The number of rotatable bonds is 7. The van der Waals surface area contributed by atoms with Gasteiger partial charge in [0.15, 0.2) is 0 Å². The third-order valence-corrected chi connectivity index (χ3v) is 6.80. The van der Waals surface area contributed by atoms with Crippen LogP contribution in [0.2, 0.25) is 0 Å². The molecule has 0 spiro atoms. The van der Waals surface area contributed by atoms with Crippen LogP contribution in [0.25, 0.3) is 11.1 Å². The Bertz CT molecular complexity index is 1070. The summed E-state index contributed by atoms with van der Waals surface area (Å²) >= 11 is 0. The highest BCUT2D eigenvalue weighted by molar-refractivity contribution is 5.83. The topological polar surface area (TPSA) is 45.2 Å². The van der Waals surface area contributed by atoms with Crippen LogP contribution in [0.4, 0.5) is 0 Å². The van der Waals surface area contributed by atoms with Crippen molar-refractivity contribution in [3.05, 3.63) is 89.7 Å². The standard InChI is InChI=1S/C29H35N3O/c1-22(2)31-28(33)29(13-17-32(18-14-29)21-24-11-15-30-16-12-24)20-25-8-6-9-26(19-25)27-10-5-4-7-23(27)3/h4-12,15-16,19,22H,13-14,17-18,20-21H2,1-3H3,(H,31,33). The lowest BCUT2D eigenvalue weighted by atomic mass is 9.72. The molecule has 0 bridgehead atoms. The van der Waals surface area contributed by atoms with Gasteiger partial charge in [-0.25, -0.2) is 0 Å². The van der Waals surface area contributed by atoms with Crippen molar-refractivity contribution in [1.82, 2.24) is 15.2 Å². The summed E-state index contributed by atoms with van der Waals surface area (Å²) in [5.41, 5.74) is 5.88. The molecule has 3 aromatic rings. The Labute approximate surface area is 198 Å². The zero-order valence-corrected chi connectivity index (χ0v) is 20.1. The van der Waals surface area contributed by atoms with Crippen molar-refractivity contribution in [2.45, 2.75) is 52.6 Å². The van der Waals surface area contributed by atoms with Crippen molar-refractivity contribution in [2.24, 2.45) is 5.41 Å². The fourth-order valence-electron chi connectivity index (χ4n) is 4.92. The molecule has 1 aliphatic heterocycles. The second kappa shape index (κ2) is 10.3. The minimum absolute atomic E-state index is 0.141. The minimum Gasteiger partial charge on any atom is -0.353 e. The van der Waals surface area contributed by atoms with Gasteiger partial charge in [0.25, 0.3) is 0 Å². The maximum atomic E-state index is 13.5. The molecule has 1 N–H and O–H groups in total. The number of benzene rings is 2. The van der Waals surface area contributed by atoms with Crippen LogP contribution < -0.4 is 5.32 Å². The quantitative estimate of drug-likeness (QED) is 0.533. The highest BCUT2D eigenvalue weighted by Crippen LogP contribution is 2.37. The summed E-state index contributed by atoms with van der Waals surface area (Å²) < 4.78 is 0. The van der Waals surface area contributed by atoms with E-state index in [1.54, 1.807) is 0 Å². The second-order valence-electron chi connectivity index (χ2n) is 9.73. The maximum Gasteiger partial charge on any atom is 0.226 e. The van der Waals surface area contributed by atoms with Gasteiger partial charge in [0.05, 0.1) is 5.41 Å². The van der Waals surface area contributed by atoms with Crippen LogP contribution in [0, 0.1) is 12.3 Å². The van der Waals surface area contributed by atoms with E-state index in [4.69, 9.17) is 0 Å². The Kier molecular flexibility index (Phi) is 7.24. The number of pyridine rings is 1. The Hall–Kier alpha value is -2.98. The molecule has 4 nitrogen and oxygen atoms in total. The van der Waals surface area contributed by atoms with E-state index in [2.05, 4.69) is 82.8 Å². The Morgan fingerprint density at radius 2 is 1.73 bits per heavy atom. The number of hydrogen-bond donors (Lipinski definition) is 1. The van der Waals surface area contributed by atoms with Gasteiger partial charge >= 0.3 is 0 Å². The molecule has 0 radical (unpaired) electrons. The molecule has 0 aliphatic carbocycles. The van der Waals surface area contributed by atoms with E-state index in [0.29, 0.717) is 0 Å². The number of nitrogens with one attached hydrogen (secondary N) is 1. The first-order valence-electron chi connectivity index (χ1n) is 12.0. The van der Waals surface area contributed by atoms with Gasteiger partial charge in [-0.1, -0.05) is 48.5 Å². The van der Waals surface area contributed by atoms with Crippen LogP contribution in [-0.4, -0.2) is 34.9 Å². The number of carbonyl (C=O) groups is 1. The summed E-state index contributed by atoms with van der Waals surface area (Å²) in [5, 5.41) is 3.23. The first-order valence-corrected chi connectivity index (χ1v) is 12.0. The van der Waals surface area contributed by atoms with E-state index in [-0.39, 0.29) is 17.4 Å². The van der Waals surface area contributed by atoms with Crippen LogP contribution >= 0.6 is 0 Å². The van der Waals surface area contributed by atoms with Crippen LogP contribution in [0.15, 0.2) is 73.1 Å². The Balaban J connectivity index is 1.54. The van der Waals surface area contributed by atoms with Gasteiger partial charge in [0.1, 0.15) is 0 Å². The number of likely N-dealkylation sites (tertiary alicyclic amines) is 1. The zero-order chi connectivity index (χ0) is 23.3. The molecule has 1 aliphatic rings. The summed E-state index contributed by atoms with van der Waals surface area (Å²) in [6, 6.07) is 21.5. The Morgan fingerprint density at radius 3 is 2.42 bits per heavy atom. The predicted octanol–water partition coefficient (Wildman–Crippen LogP) is 5.41. The molecular weight excluding hydrogens is 406 g/mol. The molecule has 2 aromatic carbocycles. The van der Waals surface area contributed by atoms with Gasteiger partial charge in [0, 0.05) is 25.0 Å². The second-order valence-corrected chi connectivity index (χ2v) is 9.73. The predicted molar refractivity (Wildman–Crippen MR) is 135 cm³/mol. The maximum absolute atomic E-state index is 13.5. The molecule has 0 saturated carbocycles. The monoisotopic (exact) mass is 441 g/mol. The lowest BCUT2D eigenvalue weighted by Gasteiger charge is -2.41. The molecule has 1 fully saturated rings. The smallest absolute Gasteiger partial charge is 0.226 e. The highest BCUT2D eigenvalue weighted by Gasteiger charge is 2.41. The summed E-state index contributed by atoms with van der Waals surface area (Å²) in [7, 11) is 0. The first kappa shape index (κ1) is 23.2. The zero-order valence-electron chi connectivity index (χ0n) is 20.1. The van der Waals surface area contributed by atoms with E-state index in [1.165, 1.54) is 27.8 Å². The molecule has 2 heterocycles. The van der Waals surface area contributed by atoms with Gasteiger partial charge in [-0.05, 0) is 93.1 Å². The SMILES string of the molecule is Cc1ccccc1-c1cccc(CC2(C(=O)NC(C)C)CCN(Cc3ccncc3)CC2)c1. The van der Waals surface area contributed by atoms with Gasteiger partial charge in [-0.2, -0.15) is 0 Å². The number of amides is 1. The van der Waals surface area contributed by atoms with Crippen LogP contribution in [0.1, 0.15) is 43.4 Å². The summed E-state index contributed by atoms with van der Waals surface area (Å²) in [6.07, 6.45) is 6.20. The summed E-state index contributed by atoms with van der Waals surface area (Å²) in [4.78, 5) is 20.1. The first-order chi connectivity index (χ1) is 15.9. The van der Waals surface area contributed by atoms with Gasteiger partial charge in [-0.15, -0.1) is 0 Å². The Morgan fingerprint density at radius 1 is 1.00 bits per heavy atom. The molecule has 1 saturated heterocycles. The molecule has 0 unspecified atom stereocenters. The summed E-state index contributed by atoms with van der Waals surface area (Å²) in [6.45, 7) is 8.99. The number of nitrogens with zero attached hydrogens (tertiary/aromatic N) is 2. The number of aromatic nitrogens is 1. The van der Waals surface area contributed by atoms with Crippen molar-refractivity contribution >= 4 is 5.91 Å². The molecular formula is C29H35N3O. The van der Waals surface area contributed by atoms with E-state index in [0.717, 1.165) is 38.9 Å². The van der Waals surface area contributed by atoms with Crippen molar-refractivity contribution < 1.29 is 4.79 Å². The van der Waals surface area contributed by atoms with Crippen molar-refractivity contribution in [3.63, 3.8) is 0 Å². The minimum atomic E-state index is -0.372. The molecule has 33 heavy (non-hydrogen) atoms. The van der Waals surface area contributed by atoms with E-state index >= 15 is 0 Å².